The molecule has 0 amide bonds. The quantitative estimate of drug-likeness (QED) is 0.102. The second-order valence-corrected chi connectivity index (χ2v) is 28.9. The molecule has 1 N–H and O–H groups in total. The molecule has 2 aliphatic heterocycles. The topological polar surface area (TPSA) is 166 Å². The number of methoxy groups -OCH3 is 1. The van der Waals surface area contributed by atoms with E-state index in [4.69, 9.17) is 79.6 Å². The molecule has 4 aromatic heterocycles. The number of aromatic carboxylic acids is 1. The first-order chi connectivity index (χ1) is 39.7. The number of thiazole rings is 2. The van der Waals surface area contributed by atoms with Crippen LogP contribution in [-0.2, 0) is 38.3 Å². The number of ether oxygens (including phenoxy) is 3. The minimum Gasteiger partial charge on any atom is -0.478 e. The minimum atomic E-state index is -0.912. The summed E-state index contributed by atoms with van der Waals surface area (Å²) in [4.78, 5) is 39.2. The van der Waals surface area contributed by atoms with Gasteiger partial charge in [0.25, 0.3) is 0 Å². The zero-order valence-corrected chi connectivity index (χ0v) is 51.9. The molecule has 4 aliphatic carbocycles. The molecule has 83 heavy (non-hydrogen) atoms. The van der Waals surface area contributed by atoms with Crippen LogP contribution in [0.3, 0.4) is 0 Å². The lowest BCUT2D eigenvalue weighted by molar-refractivity contribution is 0.0122. The molecule has 434 valence electrons. The van der Waals surface area contributed by atoms with Crippen molar-refractivity contribution in [2.45, 2.75) is 153 Å². The van der Waals surface area contributed by atoms with Crippen molar-refractivity contribution in [3.63, 3.8) is 0 Å². The third-order valence-electron chi connectivity index (χ3n) is 17.5. The van der Waals surface area contributed by atoms with E-state index in [1.165, 1.54) is 7.11 Å². The maximum atomic E-state index is 12.4. The maximum absolute atomic E-state index is 12.4. The number of esters is 1. The van der Waals surface area contributed by atoms with E-state index < -0.39 is 5.97 Å². The van der Waals surface area contributed by atoms with E-state index in [0.717, 1.165) is 129 Å². The minimum absolute atomic E-state index is 0.130. The fourth-order valence-corrected chi connectivity index (χ4v) is 16.3. The number of carboxylic acid groups (broad SMARTS) is 1. The first kappa shape index (κ1) is 56.8. The summed E-state index contributed by atoms with van der Waals surface area (Å²) >= 11 is 29.4. The van der Waals surface area contributed by atoms with Crippen molar-refractivity contribution in [3.05, 3.63) is 126 Å². The lowest BCUT2D eigenvalue weighted by atomic mass is 9.85. The van der Waals surface area contributed by atoms with E-state index in [2.05, 4.69) is 61.7 Å². The number of rotatable bonds is 14. The predicted molar refractivity (Wildman–Crippen MR) is 328 cm³/mol. The summed E-state index contributed by atoms with van der Waals surface area (Å²) < 4.78 is 31.8. The van der Waals surface area contributed by atoms with Gasteiger partial charge in [-0.15, -0.1) is 0 Å². The second-order valence-electron chi connectivity index (χ2n) is 25.3. The van der Waals surface area contributed by atoms with Gasteiger partial charge in [0.05, 0.1) is 84.2 Å². The normalized spacial score (nSPS) is 22.1. The zero-order chi connectivity index (χ0) is 58.0. The number of piperidine rings is 2. The standard InChI is InChI=1S/C32H33Cl2N3O4S.C31H31Cl2N3O4S/c1-32(2,3)21-11-17(30(38)39-4)12-25-28(21)35-31(42-25)37-14-18-10-19(37)13-24(18)40-15-20-27(36-41-29(20)16-8-9-16)26-22(33)6-5-7-23(26)34;1-31(2,3)20-10-16(29(37)38)11-24-27(20)34-30(41-24)36-13-17-9-18(36)12-23(17)39-14-19-26(35-40-28(19)15-7-8-15)25-21(32)5-4-6-22(25)33/h5-7,11-12,16,18-19,24H,8-10,13-15H2,1-4H3;4-6,10-11,15,17-18,23H,7-9,12-14H2,1-3H3,(H,37,38)/t18-,19-,24+;17-,18-,23+/m00/s1. The Morgan fingerprint density at radius 2 is 1.04 bits per heavy atom. The Balaban J connectivity index is 0.000000155. The Morgan fingerprint density at radius 3 is 1.40 bits per heavy atom. The molecule has 2 saturated heterocycles. The van der Waals surface area contributed by atoms with Gasteiger partial charge in [0.15, 0.2) is 10.3 Å². The lowest BCUT2D eigenvalue weighted by Gasteiger charge is -2.31. The Morgan fingerprint density at radius 1 is 0.627 bits per heavy atom. The smallest absolute Gasteiger partial charge is 0.337 e. The number of carbonyl (C=O) groups excluding carboxylic acids is 1. The van der Waals surface area contributed by atoms with Crippen molar-refractivity contribution in [2.75, 3.05) is 30.0 Å². The fraction of sp³-hybridized carbons (Fsp3) is 0.460. The van der Waals surface area contributed by atoms with Gasteiger partial charge in [0, 0.05) is 71.1 Å². The largest absolute Gasteiger partial charge is 0.478 e. The average Bonchev–Trinajstić information content (AvgIpc) is 2.80. The second kappa shape index (κ2) is 21.9. The molecule has 6 fully saturated rings. The number of fused-ring (bicyclic) bond motifs is 6. The van der Waals surface area contributed by atoms with Crippen LogP contribution >= 0.6 is 69.1 Å². The molecule has 0 radical (unpaired) electrons. The molecule has 14 nitrogen and oxygen atoms in total. The molecule has 0 unspecified atom stereocenters. The van der Waals surface area contributed by atoms with E-state index in [1.807, 2.05) is 48.5 Å². The van der Waals surface area contributed by atoms with Crippen LogP contribution in [-0.4, -0.2) is 81.8 Å². The van der Waals surface area contributed by atoms with Crippen LogP contribution < -0.4 is 9.80 Å². The number of hydrogen-bond donors (Lipinski definition) is 1. The Kier molecular flexibility index (Phi) is 15.0. The summed E-state index contributed by atoms with van der Waals surface area (Å²) in [6.45, 7) is 15.3. The van der Waals surface area contributed by atoms with Gasteiger partial charge in [0.1, 0.15) is 22.9 Å². The lowest BCUT2D eigenvalue weighted by Crippen LogP contribution is -2.38. The summed E-state index contributed by atoms with van der Waals surface area (Å²) in [7, 11) is 1.42. The van der Waals surface area contributed by atoms with Gasteiger partial charge in [-0.1, -0.05) is 133 Å². The first-order valence-electron chi connectivity index (χ1n) is 28.5. The number of anilines is 2. The SMILES string of the molecule is CC(C)(C)c1cc(C(=O)O)cc2sc(N3C[C@@H]4C[C@H]3C[C@H]4OCc3c(-c4c(Cl)cccc4Cl)noc3C3CC3)nc12.COC(=O)c1cc(C(C)(C)C)c2nc(N3C[C@@H]4C[C@H]3C[C@H]4OCc3c(-c4c(Cl)cccc4Cl)noc3C3CC3)sc2c1. The van der Waals surface area contributed by atoms with Crippen LogP contribution in [0.2, 0.25) is 20.1 Å². The number of halogens is 4. The molecule has 4 saturated carbocycles. The molecule has 8 aromatic rings. The molecular weight excluding hydrogens is 1170 g/mol. The summed E-state index contributed by atoms with van der Waals surface area (Å²) in [6, 6.07) is 19.0. The van der Waals surface area contributed by atoms with Crippen molar-refractivity contribution in [1.82, 2.24) is 20.3 Å². The predicted octanol–water partition coefficient (Wildman–Crippen LogP) is 16.7. The van der Waals surface area contributed by atoms with Crippen LogP contribution in [0.25, 0.3) is 42.9 Å². The van der Waals surface area contributed by atoms with Crippen LogP contribution in [0.1, 0.15) is 159 Å². The summed E-state index contributed by atoms with van der Waals surface area (Å²) in [5.41, 5.74) is 9.09. The van der Waals surface area contributed by atoms with Crippen LogP contribution in [0.5, 0.6) is 0 Å². The van der Waals surface area contributed by atoms with Gasteiger partial charge in [0.2, 0.25) is 0 Å². The Labute approximate surface area is 509 Å². The van der Waals surface area contributed by atoms with Crippen LogP contribution in [0.4, 0.5) is 10.3 Å². The molecule has 4 aromatic carbocycles. The molecule has 6 heterocycles. The number of benzene rings is 4. The van der Waals surface area contributed by atoms with Crippen LogP contribution in [0.15, 0.2) is 69.7 Å². The number of carbonyl (C=O) groups is 2. The summed E-state index contributed by atoms with van der Waals surface area (Å²) in [6.07, 6.45) is 8.63. The van der Waals surface area contributed by atoms with Crippen molar-refractivity contribution in [3.8, 4) is 22.5 Å². The van der Waals surface area contributed by atoms with E-state index in [-0.39, 0.29) is 29.0 Å². The monoisotopic (exact) mass is 1240 g/mol. The van der Waals surface area contributed by atoms with Crippen molar-refractivity contribution in [2.24, 2.45) is 11.8 Å². The number of carboxylic acids is 1. The van der Waals surface area contributed by atoms with Gasteiger partial charge in [-0.25, -0.2) is 19.6 Å². The fourth-order valence-electron chi connectivity index (χ4n) is 13.0. The van der Waals surface area contributed by atoms with Crippen molar-refractivity contribution < 1.29 is 38.0 Å². The van der Waals surface area contributed by atoms with Gasteiger partial charge in [-0.05, 0) is 122 Å². The number of aromatic nitrogens is 4. The van der Waals surface area contributed by atoms with Gasteiger partial charge in [-0.2, -0.15) is 0 Å². The maximum Gasteiger partial charge on any atom is 0.337 e. The zero-order valence-electron chi connectivity index (χ0n) is 47.2. The van der Waals surface area contributed by atoms with Crippen molar-refractivity contribution in [1.29, 1.82) is 0 Å². The van der Waals surface area contributed by atoms with Gasteiger partial charge < -0.3 is 38.2 Å². The van der Waals surface area contributed by atoms with E-state index in [0.29, 0.717) is 103 Å². The number of hydrogen-bond acceptors (Lipinski definition) is 15. The summed E-state index contributed by atoms with van der Waals surface area (Å²) in [5, 5.41) is 22.7. The molecule has 0 spiro atoms. The third kappa shape index (κ3) is 10.8. The molecular formula is C63H64Cl4N6O8S2. The first-order valence-corrected chi connectivity index (χ1v) is 31.7. The van der Waals surface area contributed by atoms with Crippen molar-refractivity contribution >= 4 is 112 Å². The Bertz CT molecular complexity index is 3810. The van der Waals surface area contributed by atoms with E-state index >= 15 is 0 Å². The highest BCUT2D eigenvalue weighted by molar-refractivity contribution is 7.22. The van der Waals surface area contributed by atoms with Gasteiger partial charge >= 0.3 is 11.9 Å². The highest BCUT2D eigenvalue weighted by atomic mass is 35.5. The molecule has 14 rings (SSSR count). The molecule has 20 heteroatoms. The highest BCUT2D eigenvalue weighted by Gasteiger charge is 2.49. The molecule has 6 atom stereocenters. The summed E-state index contributed by atoms with van der Waals surface area (Å²) in [5.74, 6) is 2.13. The van der Waals surface area contributed by atoms with Crippen LogP contribution in [0, 0.1) is 11.8 Å². The van der Waals surface area contributed by atoms with Gasteiger partial charge in [-0.3, -0.25) is 0 Å². The average molecular weight is 1240 g/mol. The third-order valence-corrected chi connectivity index (χ3v) is 20.9. The molecule has 4 bridgehead atoms. The number of nitrogens with zero attached hydrogens (tertiary/aromatic N) is 6. The van der Waals surface area contributed by atoms with E-state index in [9.17, 15) is 14.7 Å². The van der Waals surface area contributed by atoms with E-state index in [1.54, 1.807) is 34.8 Å². The molecule has 6 aliphatic rings. The Hall–Kier alpha value is -5.30. The highest BCUT2D eigenvalue weighted by Crippen LogP contribution is 2.51.